The molecule has 1 amide bonds. The molecule has 3 aromatic rings. The minimum absolute atomic E-state index is 0.143. The zero-order valence-electron chi connectivity index (χ0n) is 21.2. The third kappa shape index (κ3) is 8.55. The Balaban J connectivity index is 1.22. The van der Waals surface area contributed by atoms with Crippen LogP contribution in [0.3, 0.4) is 0 Å². The molecule has 37 heavy (non-hydrogen) atoms. The van der Waals surface area contributed by atoms with Crippen LogP contribution < -0.4 is 14.8 Å². The molecule has 1 N–H and O–H groups in total. The number of hydrogen-bond acceptors (Lipinski definition) is 6. The van der Waals surface area contributed by atoms with E-state index in [0.717, 1.165) is 56.1 Å². The van der Waals surface area contributed by atoms with Crippen molar-refractivity contribution in [3.05, 3.63) is 77.9 Å². The van der Waals surface area contributed by atoms with Gasteiger partial charge in [0.25, 0.3) is 0 Å². The first kappa shape index (κ1) is 26.6. The number of halogens is 1. The summed E-state index contributed by atoms with van der Waals surface area (Å²) in [5.74, 6) is 0.728. The molecule has 4 rings (SSSR count). The summed E-state index contributed by atoms with van der Waals surface area (Å²) < 4.78 is 30.7. The van der Waals surface area contributed by atoms with Gasteiger partial charge in [-0.1, -0.05) is 18.2 Å². The molecular weight excluding hydrogens is 473 g/mol. The average molecular weight is 508 g/mol. The highest BCUT2D eigenvalue weighted by Gasteiger charge is 2.10. The number of benzene rings is 2. The van der Waals surface area contributed by atoms with E-state index < -0.39 is 0 Å². The van der Waals surface area contributed by atoms with E-state index in [1.165, 1.54) is 12.1 Å². The second kappa shape index (κ2) is 13.7. The number of ether oxygens (including phenoxy) is 3. The maximum atomic E-state index is 14.1. The molecule has 7 nitrogen and oxygen atoms in total. The van der Waals surface area contributed by atoms with Crippen LogP contribution in [0.25, 0.3) is 11.1 Å². The lowest BCUT2D eigenvalue weighted by Crippen LogP contribution is -2.37. The minimum Gasteiger partial charge on any atom is -0.494 e. The molecule has 1 aliphatic rings. The normalized spacial score (nSPS) is 13.8. The quantitative estimate of drug-likeness (QED) is 0.370. The highest BCUT2D eigenvalue weighted by atomic mass is 19.1. The maximum absolute atomic E-state index is 14.1. The smallest absolute Gasteiger partial charge is 0.226 e. The molecule has 8 heteroatoms. The Kier molecular flexibility index (Phi) is 9.85. The molecular formula is C29H34FN3O4. The van der Waals surface area contributed by atoms with Crippen LogP contribution in [0.4, 0.5) is 4.39 Å². The van der Waals surface area contributed by atoms with Gasteiger partial charge in [-0.15, -0.1) is 0 Å². The van der Waals surface area contributed by atoms with Crippen LogP contribution in [0.15, 0.2) is 60.8 Å². The molecule has 1 aromatic heterocycles. The first-order chi connectivity index (χ1) is 18.1. The van der Waals surface area contributed by atoms with E-state index in [9.17, 15) is 9.18 Å². The number of nitrogens with zero attached hydrogens (tertiary/aromatic N) is 2. The van der Waals surface area contributed by atoms with Crippen LogP contribution in [-0.2, 0) is 22.5 Å². The van der Waals surface area contributed by atoms with Gasteiger partial charge in [0, 0.05) is 49.7 Å². The van der Waals surface area contributed by atoms with Crippen LogP contribution in [0, 0.1) is 5.82 Å². The van der Waals surface area contributed by atoms with E-state index in [-0.39, 0.29) is 24.7 Å². The number of aromatic nitrogens is 1. The van der Waals surface area contributed by atoms with Gasteiger partial charge in [0.15, 0.2) is 0 Å². The average Bonchev–Trinajstić information content (AvgIpc) is 2.91. The van der Waals surface area contributed by atoms with Crippen LogP contribution in [0.1, 0.15) is 24.6 Å². The number of pyridine rings is 1. The van der Waals surface area contributed by atoms with Crippen LogP contribution >= 0.6 is 0 Å². The van der Waals surface area contributed by atoms with Gasteiger partial charge in [0.05, 0.1) is 32.8 Å². The fourth-order valence-corrected chi connectivity index (χ4v) is 4.15. The number of nitrogens with one attached hydrogen (secondary N) is 1. The largest absolute Gasteiger partial charge is 0.494 e. The number of rotatable bonds is 12. The molecule has 1 aliphatic heterocycles. The molecule has 2 heterocycles. The number of morpholine rings is 1. The first-order valence-electron chi connectivity index (χ1n) is 12.8. The van der Waals surface area contributed by atoms with Gasteiger partial charge >= 0.3 is 0 Å². The number of hydrogen-bond donors (Lipinski definition) is 1. The predicted octanol–water partition coefficient (Wildman–Crippen LogP) is 4.25. The summed E-state index contributed by atoms with van der Waals surface area (Å²) in [5.41, 5.74) is 3.30. The molecule has 0 unspecified atom stereocenters. The van der Waals surface area contributed by atoms with Crippen LogP contribution in [-0.4, -0.2) is 61.9 Å². The van der Waals surface area contributed by atoms with Crippen molar-refractivity contribution in [2.24, 2.45) is 0 Å². The Hall–Kier alpha value is -3.49. The van der Waals surface area contributed by atoms with E-state index in [1.54, 1.807) is 12.3 Å². The van der Waals surface area contributed by atoms with Crippen molar-refractivity contribution < 1.29 is 23.4 Å². The Morgan fingerprint density at radius 2 is 1.81 bits per heavy atom. The third-order valence-corrected chi connectivity index (χ3v) is 6.08. The summed E-state index contributed by atoms with van der Waals surface area (Å²) in [6.07, 6.45) is 2.75. The zero-order chi connectivity index (χ0) is 25.9. The summed E-state index contributed by atoms with van der Waals surface area (Å²) in [7, 11) is 0. The second-order valence-corrected chi connectivity index (χ2v) is 8.90. The van der Waals surface area contributed by atoms with Crippen molar-refractivity contribution in [3.8, 4) is 22.6 Å². The van der Waals surface area contributed by atoms with Crippen molar-refractivity contribution in [3.63, 3.8) is 0 Å². The van der Waals surface area contributed by atoms with E-state index in [1.807, 2.05) is 43.3 Å². The standard InChI is InChI=1S/C29H34FN3O4/c1-2-36-27-8-5-23(6-9-27)24-4-7-26(31-21-24)19-29(34)32-20-22-16-25(30)18-28(17-22)37-13-3-10-33-11-14-35-15-12-33/h4-9,16-18,21H,2-3,10-15,19-20H2,1H3,(H,32,34). The molecule has 0 aliphatic carbocycles. The lowest BCUT2D eigenvalue weighted by atomic mass is 10.1. The highest BCUT2D eigenvalue weighted by molar-refractivity contribution is 5.78. The monoisotopic (exact) mass is 507 g/mol. The summed E-state index contributed by atoms with van der Waals surface area (Å²) >= 11 is 0. The molecule has 0 saturated carbocycles. The number of amides is 1. The molecule has 0 radical (unpaired) electrons. The zero-order valence-corrected chi connectivity index (χ0v) is 21.2. The van der Waals surface area contributed by atoms with Crippen LogP contribution in [0.2, 0.25) is 0 Å². The molecule has 0 atom stereocenters. The lowest BCUT2D eigenvalue weighted by molar-refractivity contribution is -0.120. The second-order valence-electron chi connectivity index (χ2n) is 8.90. The molecule has 0 bridgehead atoms. The Morgan fingerprint density at radius 1 is 1.03 bits per heavy atom. The number of carbonyl (C=O) groups excluding carboxylic acids is 1. The Bertz CT molecular complexity index is 1130. The van der Waals surface area contributed by atoms with Gasteiger partial charge in [-0.05, 0) is 54.8 Å². The summed E-state index contributed by atoms with van der Waals surface area (Å²) in [6, 6.07) is 16.1. The molecule has 196 valence electrons. The maximum Gasteiger partial charge on any atom is 0.226 e. The first-order valence-corrected chi connectivity index (χ1v) is 12.8. The van der Waals surface area contributed by atoms with Crippen molar-refractivity contribution >= 4 is 5.91 Å². The van der Waals surface area contributed by atoms with Gasteiger partial charge in [-0.2, -0.15) is 0 Å². The van der Waals surface area contributed by atoms with E-state index in [4.69, 9.17) is 14.2 Å². The third-order valence-electron chi connectivity index (χ3n) is 6.08. The van der Waals surface area contributed by atoms with Gasteiger partial charge < -0.3 is 19.5 Å². The highest BCUT2D eigenvalue weighted by Crippen LogP contribution is 2.22. The molecule has 0 spiro atoms. The molecule has 2 aromatic carbocycles. The summed E-state index contributed by atoms with van der Waals surface area (Å²) in [5, 5.41) is 2.84. The Morgan fingerprint density at radius 3 is 2.54 bits per heavy atom. The Labute approximate surface area is 217 Å². The fourth-order valence-electron chi connectivity index (χ4n) is 4.15. The SMILES string of the molecule is CCOc1ccc(-c2ccc(CC(=O)NCc3cc(F)cc(OCCCN4CCOCC4)c3)nc2)cc1. The van der Waals surface area contributed by atoms with Gasteiger partial charge in [-0.25, -0.2) is 4.39 Å². The topological polar surface area (TPSA) is 72.9 Å². The van der Waals surface area contributed by atoms with Crippen molar-refractivity contribution in [1.29, 1.82) is 0 Å². The number of carbonyl (C=O) groups is 1. The lowest BCUT2D eigenvalue weighted by Gasteiger charge is -2.26. The van der Waals surface area contributed by atoms with Crippen molar-refractivity contribution in [1.82, 2.24) is 15.2 Å². The van der Waals surface area contributed by atoms with Gasteiger partial charge in [0.1, 0.15) is 17.3 Å². The molecule has 1 fully saturated rings. The molecule has 1 saturated heterocycles. The van der Waals surface area contributed by atoms with Gasteiger partial charge in [-0.3, -0.25) is 14.7 Å². The van der Waals surface area contributed by atoms with Gasteiger partial charge in [0.2, 0.25) is 5.91 Å². The summed E-state index contributed by atoms with van der Waals surface area (Å²) in [6.45, 7) is 7.63. The van der Waals surface area contributed by atoms with Crippen molar-refractivity contribution in [2.75, 3.05) is 46.1 Å². The van der Waals surface area contributed by atoms with E-state index in [2.05, 4.69) is 15.2 Å². The van der Waals surface area contributed by atoms with E-state index >= 15 is 0 Å². The summed E-state index contributed by atoms with van der Waals surface area (Å²) in [4.78, 5) is 19.2. The fraction of sp³-hybridized carbons (Fsp3) is 0.379. The predicted molar refractivity (Wildman–Crippen MR) is 140 cm³/mol. The van der Waals surface area contributed by atoms with Crippen LogP contribution in [0.5, 0.6) is 11.5 Å². The van der Waals surface area contributed by atoms with Crippen molar-refractivity contribution in [2.45, 2.75) is 26.3 Å². The minimum atomic E-state index is -0.388. The van der Waals surface area contributed by atoms with E-state index in [0.29, 0.717) is 30.2 Å².